The molecule has 0 bridgehead atoms. The van der Waals surface area contributed by atoms with Crippen LogP contribution in [0, 0.1) is 0 Å². The third-order valence-electron chi connectivity index (χ3n) is 16.6. The summed E-state index contributed by atoms with van der Waals surface area (Å²) in [5, 5.41) is 10.6. The van der Waals surface area contributed by atoms with Crippen molar-refractivity contribution in [3.8, 4) is 0 Å². The second kappa shape index (κ2) is 73.3. The highest BCUT2D eigenvalue weighted by atomic mass is 31.2. The van der Waals surface area contributed by atoms with Crippen LogP contribution >= 0.6 is 15.6 Å². The minimum absolute atomic E-state index is 0.0283. The maximum Gasteiger partial charge on any atom is 0.472 e. The number of ether oxygens (including phenoxy) is 4. The first-order valence-corrected chi connectivity index (χ1v) is 42.5. The smallest absolute Gasteiger partial charge is 0.462 e. The number of unbranched alkanes of at least 4 members (excludes halogenated alkanes) is 32. The molecule has 100 heavy (non-hydrogen) atoms. The number of hydrogen-bond donors (Lipinski definition) is 3. The van der Waals surface area contributed by atoms with E-state index < -0.39 is 97.5 Å². The van der Waals surface area contributed by atoms with Crippen molar-refractivity contribution in [2.45, 2.75) is 354 Å². The number of esters is 4. The number of phosphoric ester groups is 2. The van der Waals surface area contributed by atoms with E-state index >= 15 is 0 Å². The average molecular weight is 1450 g/mol. The van der Waals surface area contributed by atoms with E-state index in [4.69, 9.17) is 37.0 Å². The summed E-state index contributed by atoms with van der Waals surface area (Å²) in [6.07, 6.45) is 76.9. The second-order valence-electron chi connectivity index (χ2n) is 26.3. The molecule has 0 aliphatic carbocycles. The quantitative estimate of drug-likeness (QED) is 0.0169. The minimum Gasteiger partial charge on any atom is -0.462 e. The molecule has 3 N–H and O–H groups in total. The van der Waals surface area contributed by atoms with Crippen LogP contribution in [0.4, 0.5) is 0 Å². The van der Waals surface area contributed by atoms with Crippen LogP contribution in [0.3, 0.4) is 0 Å². The first kappa shape index (κ1) is 96.0. The van der Waals surface area contributed by atoms with Gasteiger partial charge >= 0.3 is 39.5 Å². The molecule has 2 unspecified atom stereocenters. The summed E-state index contributed by atoms with van der Waals surface area (Å²) < 4.78 is 68.5. The second-order valence-corrected chi connectivity index (χ2v) is 29.2. The molecular formula is C81H142O17P2. The standard InChI is InChI=1S/C81H142O17P2/c1-5-9-13-17-21-25-29-33-35-36-37-38-40-44-48-52-56-60-64-68-81(86)98-77(71-91-78(83)65-61-57-53-49-45-41-31-27-23-19-15-11-7-3)74-96-100(89,90)94-70-75(82)69-93-99(87,88)95-73-76(97-80(85)67-63-59-55-51-47-42-32-28-24-20-16-12-8-4)72-92-79(84)66-62-58-54-50-46-43-39-34-30-26-22-18-14-10-6-2/h9,13,21-22,25-26,33-35,37-39,44,48,56,60,75-77,82H,5-8,10-12,14-20,23-24,27-32,36,40-43,45-47,49-55,57-59,61-74H2,1-4H3,(H,87,88)(H,89,90)/b13-9-,25-21-,26-22-,35-33-,38-37-,39-34-,48-44-,60-56-/t75-,76-,77-/m1/s1. The Kier molecular flexibility index (Phi) is 70.4. The van der Waals surface area contributed by atoms with Crippen molar-refractivity contribution >= 4 is 39.5 Å². The third kappa shape index (κ3) is 72.3. The molecule has 0 saturated heterocycles. The van der Waals surface area contributed by atoms with Gasteiger partial charge in [0.25, 0.3) is 0 Å². The van der Waals surface area contributed by atoms with E-state index in [0.29, 0.717) is 32.1 Å². The van der Waals surface area contributed by atoms with Crippen LogP contribution in [0.1, 0.15) is 336 Å². The van der Waals surface area contributed by atoms with Crippen LogP contribution in [0.15, 0.2) is 97.2 Å². The van der Waals surface area contributed by atoms with Gasteiger partial charge in [0.1, 0.15) is 19.3 Å². The van der Waals surface area contributed by atoms with E-state index in [1.165, 1.54) is 128 Å². The van der Waals surface area contributed by atoms with Gasteiger partial charge in [-0.05, 0) is 96.3 Å². The molecular weight excluding hydrogens is 1310 g/mol. The Labute approximate surface area is 607 Å². The molecule has 0 spiro atoms. The minimum atomic E-state index is -4.99. The van der Waals surface area contributed by atoms with Gasteiger partial charge in [-0.25, -0.2) is 9.13 Å². The molecule has 0 aromatic rings. The van der Waals surface area contributed by atoms with Gasteiger partial charge in [0.2, 0.25) is 0 Å². The lowest BCUT2D eigenvalue weighted by Gasteiger charge is -2.21. The summed E-state index contributed by atoms with van der Waals surface area (Å²) in [5.41, 5.74) is 0. The Morgan fingerprint density at radius 2 is 0.540 bits per heavy atom. The monoisotopic (exact) mass is 1450 g/mol. The summed E-state index contributed by atoms with van der Waals surface area (Å²) in [5.74, 6) is -2.27. The molecule has 0 fully saturated rings. The molecule has 0 aromatic heterocycles. The zero-order valence-electron chi connectivity index (χ0n) is 63.1. The zero-order chi connectivity index (χ0) is 73.2. The van der Waals surface area contributed by atoms with Gasteiger partial charge in [-0.2, -0.15) is 0 Å². The number of rotatable bonds is 74. The molecule has 0 amide bonds. The van der Waals surface area contributed by atoms with Crippen LogP contribution < -0.4 is 0 Å². The van der Waals surface area contributed by atoms with Gasteiger partial charge in [-0.3, -0.25) is 37.3 Å². The SMILES string of the molecule is CC/C=C\C/C=C\C/C=C\C/C=C\C/C=C\C/C=C\CCC(=O)O[C@H](COC(=O)CCCCCCCCCCCCCCC)COP(=O)(O)OC[C@H](O)COP(=O)(O)OC[C@@H](COC(=O)CCCCCCC/C=C\C/C=C\CCCCC)OC(=O)CCCCCCCCCCCCCCC. The molecule has 19 heteroatoms. The number of aliphatic hydroxyl groups excluding tert-OH is 1. The van der Waals surface area contributed by atoms with Gasteiger partial charge in [-0.15, -0.1) is 0 Å². The van der Waals surface area contributed by atoms with E-state index in [9.17, 15) is 43.2 Å². The van der Waals surface area contributed by atoms with Gasteiger partial charge in [0.15, 0.2) is 12.2 Å². The van der Waals surface area contributed by atoms with Crippen molar-refractivity contribution in [2.24, 2.45) is 0 Å². The lowest BCUT2D eigenvalue weighted by Crippen LogP contribution is -2.30. The topological polar surface area (TPSA) is 237 Å². The van der Waals surface area contributed by atoms with E-state index in [-0.39, 0.29) is 25.7 Å². The van der Waals surface area contributed by atoms with Crippen molar-refractivity contribution in [2.75, 3.05) is 39.6 Å². The number of aliphatic hydroxyl groups is 1. The lowest BCUT2D eigenvalue weighted by molar-refractivity contribution is -0.161. The number of carbonyl (C=O) groups excluding carboxylic acids is 4. The maximum absolute atomic E-state index is 13.1. The highest BCUT2D eigenvalue weighted by molar-refractivity contribution is 7.47. The Hall–Kier alpha value is -4.02. The van der Waals surface area contributed by atoms with E-state index in [1.54, 1.807) is 0 Å². The summed E-state index contributed by atoms with van der Waals surface area (Å²) in [4.78, 5) is 72.9. The normalized spacial score (nSPS) is 14.4. The third-order valence-corrected chi connectivity index (χ3v) is 18.5. The fourth-order valence-corrected chi connectivity index (χ4v) is 12.2. The van der Waals surface area contributed by atoms with Crippen molar-refractivity contribution in [3.05, 3.63) is 97.2 Å². The number of carbonyl (C=O) groups is 4. The molecule has 0 aliphatic rings. The first-order chi connectivity index (χ1) is 48.7. The summed E-state index contributed by atoms with van der Waals surface area (Å²) in [6, 6.07) is 0. The largest absolute Gasteiger partial charge is 0.472 e. The molecule has 17 nitrogen and oxygen atoms in total. The van der Waals surface area contributed by atoms with Crippen molar-refractivity contribution in [1.82, 2.24) is 0 Å². The highest BCUT2D eigenvalue weighted by Gasteiger charge is 2.30. The van der Waals surface area contributed by atoms with Gasteiger partial charge in [0.05, 0.1) is 26.4 Å². The van der Waals surface area contributed by atoms with Crippen LogP contribution in [0.5, 0.6) is 0 Å². The lowest BCUT2D eigenvalue weighted by atomic mass is 10.0. The maximum atomic E-state index is 13.1. The van der Waals surface area contributed by atoms with Crippen LogP contribution in [0.25, 0.3) is 0 Å². The zero-order valence-corrected chi connectivity index (χ0v) is 64.9. The van der Waals surface area contributed by atoms with Crippen molar-refractivity contribution in [1.29, 1.82) is 0 Å². The molecule has 0 saturated carbocycles. The van der Waals surface area contributed by atoms with Crippen LogP contribution in [0.2, 0.25) is 0 Å². The summed E-state index contributed by atoms with van der Waals surface area (Å²) in [7, 11) is -9.97. The summed E-state index contributed by atoms with van der Waals surface area (Å²) >= 11 is 0. The number of hydrogen-bond acceptors (Lipinski definition) is 15. The Morgan fingerprint density at radius 1 is 0.290 bits per heavy atom. The van der Waals surface area contributed by atoms with Crippen molar-refractivity contribution < 1.29 is 80.2 Å². The van der Waals surface area contributed by atoms with Gasteiger partial charge < -0.3 is 33.8 Å². The van der Waals surface area contributed by atoms with Gasteiger partial charge in [-0.1, -0.05) is 311 Å². The Bertz CT molecular complexity index is 2270. The fraction of sp³-hybridized carbons (Fsp3) is 0.753. The fourth-order valence-electron chi connectivity index (χ4n) is 10.6. The highest BCUT2D eigenvalue weighted by Crippen LogP contribution is 2.45. The molecule has 0 rings (SSSR count). The molecule has 578 valence electrons. The molecule has 0 radical (unpaired) electrons. The predicted molar refractivity (Wildman–Crippen MR) is 409 cm³/mol. The number of allylic oxidation sites excluding steroid dienone is 16. The average Bonchev–Trinajstić information content (AvgIpc) is 0.929. The van der Waals surface area contributed by atoms with Crippen LogP contribution in [-0.2, 0) is 65.4 Å². The van der Waals surface area contributed by atoms with E-state index in [0.717, 1.165) is 122 Å². The Balaban J connectivity index is 5.40. The van der Waals surface area contributed by atoms with E-state index in [1.807, 2.05) is 18.2 Å². The van der Waals surface area contributed by atoms with Crippen LogP contribution in [-0.4, -0.2) is 96.7 Å². The first-order valence-electron chi connectivity index (χ1n) is 39.5. The molecule has 5 atom stereocenters. The van der Waals surface area contributed by atoms with E-state index in [2.05, 4.69) is 107 Å². The molecule has 0 heterocycles. The Morgan fingerprint density at radius 3 is 0.880 bits per heavy atom. The molecule has 0 aliphatic heterocycles. The van der Waals surface area contributed by atoms with Gasteiger partial charge in [0, 0.05) is 25.7 Å². The number of phosphoric acid groups is 2. The summed E-state index contributed by atoms with van der Waals surface area (Å²) in [6.45, 7) is 4.67. The molecule has 0 aromatic carbocycles. The van der Waals surface area contributed by atoms with Crippen molar-refractivity contribution in [3.63, 3.8) is 0 Å². The predicted octanol–water partition coefficient (Wildman–Crippen LogP) is 22.8.